The van der Waals surface area contributed by atoms with Crippen molar-refractivity contribution >= 4 is 39.8 Å². The van der Waals surface area contributed by atoms with E-state index in [2.05, 4.69) is 20.6 Å². The van der Waals surface area contributed by atoms with Crippen LogP contribution in [0.3, 0.4) is 0 Å². The van der Waals surface area contributed by atoms with Gasteiger partial charge in [-0.15, -0.1) is 0 Å². The number of rotatable bonds is 4. The van der Waals surface area contributed by atoms with Crippen LogP contribution in [0.4, 0.5) is 17.5 Å². The molecule has 7 heteroatoms. The Hall–Kier alpha value is -2.60. The number of aryl methyl sites for hydroxylation is 1. The van der Waals surface area contributed by atoms with Crippen LogP contribution in [0.1, 0.15) is 19.3 Å². The molecular weight excluding hydrogens is 338 g/mol. The van der Waals surface area contributed by atoms with Crippen molar-refractivity contribution in [3.8, 4) is 0 Å². The molecule has 0 bridgehead atoms. The van der Waals surface area contributed by atoms with Crippen molar-refractivity contribution in [1.82, 2.24) is 14.5 Å². The number of hydrogen-bond donors (Lipinski definition) is 2. The first-order valence-corrected chi connectivity index (χ1v) is 8.63. The summed E-state index contributed by atoms with van der Waals surface area (Å²) in [7, 11) is 1.75. The number of aromatic nitrogens is 3. The molecule has 0 amide bonds. The van der Waals surface area contributed by atoms with Crippen LogP contribution >= 0.6 is 11.6 Å². The highest BCUT2D eigenvalue weighted by Gasteiger charge is 2.20. The largest absolute Gasteiger partial charge is 0.367 e. The van der Waals surface area contributed by atoms with Crippen molar-refractivity contribution < 1.29 is 0 Å². The van der Waals surface area contributed by atoms with E-state index in [9.17, 15) is 4.79 Å². The van der Waals surface area contributed by atoms with Crippen LogP contribution in [0, 0.1) is 0 Å². The molecule has 3 heterocycles. The number of hydrogen-bond acceptors (Lipinski definition) is 5. The van der Waals surface area contributed by atoms with Crippen LogP contribution < -0.4 is 16.2 Å². The Balaban J connectivity index is 1.80. The molecule has 3 aromatic rings. The zero-order chi connectivity index (χ0) is 17.4. The first-order chi connectivity index (χ1) is 12.1. The Labute approximate surface area is 149 Å². The standard InChI is InChI=1S/C18H18ClN5O/c1-24-8-6-11-9-15(22-14-10-12(19)5-7-20-14)23-17(16(11)18(24)25)21-13-3-2-4-13/h5-10,13H,2-4H2,1H3,(H2,20,21,22,23). The van der Waals surface area contributed by atoms with E-state index >= 15 is 0 Å². The Morgan fingerprint density at radius 2 is 2.08 bits per heavy atom. The molecule has 0 radical (unpaired) electrons. The maximum Gasteiger partial charge on any atom is 0.261 e. The maximum absolute atomic E-state index is 12.6. The van der Waals surface area contributed by atoms with Crippen molar-refractivity contribution in [2.75, 3.05) is 10.6 Å². The summed E-state index contributed by atoms with van der Waals surface area (Å²) in [5.74, 6) is 1.85. The molecule has 0 spiro atoms. The summed E-state index contributed by atoms with van der Waals surface area (Å²) in [6.07, 6.45) is 6.81. The number of fused-ring (bicyclic) bond motifs is 1. The molecule has 128 valence electrons. The second-order valence-electron chi connectivity index (χ2n) is 6.31. The van der Waals surface area contributed by atoms with Crippen molar-refractivity contribution in [2.24, 2.45) is 7.05 Å². The minimum Gasteiger partial charge on any atom is -0.367 e. The van der Waals surface area contributed by atoms with Crippen LogP contribution in [0.25, 0.3) is 10.8 Å². The smallest absolute Gasteiger partial charge is 0.261 e. The molecule has 1 aliphatic carbocycles. The van der Waals surface area contributed by atoms with Gasteiger partial charge in [0.2, 0.25) is 0 Å². The average molecular weight is 356 g/mol. The highest BCUT2D eigenvalue weighted by atomic mass is 35.5. The van der Waals surface area contributed by atoms with Crippen LogP contribution in [0.5, 0.6) is 0 Å². The molecule has 4 rings (SSSR count). The van der Waals surface area contributed by atoms with Crippen LogP contribution in [-0.4, -0.2) is 20.6 Å². The molecule has 0 aromatic carbocycles. The van der Waals surface area contributed by atoms with E-state index in [1.807, 2.05) is 12.1 Å². The molecule has 2 N–H and O–H groups in total. The van der Waals surface area contributed by atoms with Crippen LogP contribution in [0.2, 0.25) is 5.02 Å². The van der Waals surface area contributed by atoms with Gasteiger partial charge in [0.1, 0.15) is 17.5 Å². The molecule has 6 nitrogen and oxygen atoms in total. The monoisotopic (exact) mass is 355 g/mol. The van der Waals surface area contributed by atoms with E-state index in [0.29, 0.717) is 33.9 Å². The maximum atomic E-state index is 12.6. The van der Waals surface area contributed by atoms with Crippen molar-refractivity contribution in [3.63, 3.8) is 0 Å². The van der Waals surface area contributed by atoms with E-state index in [1.165, 1.54) is 6.42 Å². The van der Waals surface area contributed by atoms with Crippen molar-refractivity contribution in [2.45, 2.75) is 25.3 Å². The number of pyridine rings is 3. The fraction of sp³-hybridized carbons (Fsp3) is 0.278. The fourth-order valence-corrected chi connectivity index (χ4v) is 3.04. The lowest BCUT2D eigenvalue weighted by molar-refractivity contribution is 0.445. The Bertz CT molecular complexity index is 996. The molecular formula is C18H18ClN5O. The van der Waals surface area contributed by atoms with Gasteiger partial charge < -0.3 is 15.2 Å². The number of anilines is 3. The summed E-state index contributed by atoms with van der Waals surface area (Å²) in [6.45, 7) is 0. The number of nitrogens with one attached hydrogen (secondary N) is 2. The summed E-state index contributed by atoms with van der Waals surface area (Å²) < 4.78 is 1.57. The van der Waals surface area contributed by atoms with Gasteiger partial charge in [-0.25, -0.2) is 9.97 Å². The fourth-order valence-electron chi connectivity index (χ4n) is 2.88. The third-order valence-electron chi connectivity index (χ3n) is 4.49. The predicted molar refractivity (Wildman–Crippen MR) is 101 cm³/mol. The third kappa shape index (κ3) is 3.17. The summed E-state index contributed by atoms with van der Waals surface area (Å²) in [5.41, 5.74) is -0.0562. The van der Waals surface area contributed by atoms with Gasteiger partial charge in [-0.05, 0) is 48.9 Å². The van der Waals surface area contributed by atoms with Gasteiger partial charge in [-0.1, -0.05) is 11.6 Å². The molecule has 1 saturated carbocycles. The van der Waals surface area contributed by atoms with Gasteiger partial charge in [0.15, 0.2) is 0 Å². The molecule has 0 aliphatic heterocycles. The molecule has 1 aliphatic rings. The minimum atomic E-state index is -0.0562. The lowest BCUT2D eigenvalue weighted by atomic mass is 9.93. The zero-order valence-corrected chi connectivity index (χ0v) is 14.5. The van der Waals surface area contributed by atoms with Gasteiger partial charge in [0.25, 0.3) is 5.56 Å². The molecule has 0 unspecified atom stereocenters. The Morgan fingerprint density at radius 1 is 1.24 bits per heavy atom. The molecule has 25 heavy (non-hydrogen) atoms. The highest BCUT2D eigenvalue weighted by Crippen LogP contribution is 2.28. The van der Waals surface area contributed by atoms with Gasteiger partial charge in [0, 0.05) is 30.5 Å². The number of halogens is 1. The summed E-state index contributed by atoms with van der Waals surface area (Å²) >= 11 is 6.01. The van der Waals surface area contributed by atoms with E-state index in [0.717, 1.165) is 18.2 Å². The summed E-state index contributed by atoms with van der Waals surface area (Å²) in [6, 6.07) is 7.59. The quantitative estimate of drug-likeness (QED) is 0.746. The summed E-state index contributed by atoms with van der Waals surface area (Å²) in [4.78, 5) is 21.5. The second-order valence-corrected chi connectivity index (χ2v) is 6.75. The van der Waals surface area contributed by atoms with Crippen LogP contribution in [-0.2, 0) is 7.05 Å². The lowest BCUT2D eigenvalue weighted by Gasteiger charge is -2.27. The van der Waals surface area contributed by atoms with Gasteiger partial charge >= 0.3 is 0 Å². The normalized spacial score (nSPS) is 14.3. The molecule has 3 aromatic heterocycles. The predicted octanol–water partition coefficient (Wildman–Crippen LogP) is 3.69. The van der Waals surface area contributed by atoms with Crippen LogP contribution in [0.15, 0.2) is 41.5 Å². The zero-order valence-electron chi connectivity index (χ0n) is 13.8. The number of nitrogens with zero attached hydrogens (tertiary/aromatic N) is 3. The summed E-state index contributed by atoms with van der Waals surface area (Å²) in [5, 5.41) is 8.63. The first kappa shape index (κ1) is 15.9. The highest BCUT2D eigenvalue weighted by molar-refractivity contribution is 6.30. The molecule has 0 saturated heterocycles. The third-order valence-corrected chi connectivity index (χ3v) is 4.72. The Kier molecular flexibility index (Phi) is 4.05. The van der Waals surface area contributed by atoms with E-state index < -0.39 is 0 Å². The van der Waals surface area contributed by atoms with Gasteiger partial charge in [-0.3, -0.25) is 4.79 Å². The van der Waals surface area contributed by atoms with E-state index in [1.54, 1.807) is 36.1 Å². The topological polar surface area (TPSA) is 71.8 Å². The first-order valence-electron chi connectivity index (χ1n) is 8.26. The van der Waals surface area contributed by atoms with Gasteiger partial charge in [-0.2, -0.15) is 0 Å². The second kappa shape index (κ2) is 6.37. The lowest BCUT2D eigenvalue weighted by Crippen LogP contribution is -2.29. The van der Waals surface area contributed by atoms with E-state index in [-0.39, 0.29) is 5.56 Å². The van der Waals surface area contributed by atoms with Crippen molar-refractivity contribution in [3.05, 3.63) is 52.0 Å². The molecule has 0 atom stereocenters. The Morgan fingerprint density at radius 3 is 2.80 bits per heavy atom. The molecule has 1 fully saturated rings. The SMILES string of the molecule is Cn1ccc2cc(Nc3cc(Cl)ccn3)nc(NC3CCC3)c2c1=O. The minimum absolute atomic E-state index is 0.0562. The average Bonchev–Trinajstić information content (AvgIpc) is 2.54. The van der Waals surface area contributed by atoms with E-state index in [4.69, 9.17) is 11.6 Å². The van der Waals surface area contributed by atoms with Gasteiger partial charge in [0.05, 0.1) is 5.39 Å². The van der Waals surface area contributed by atoms with Crippen molar-refractivity contribution in [1.29, 1.82) is 0 Å².